The van der Waals surface area contributed by atoms with Crippen LogP contribution in [0.15, 0.2) is 45.6 Å². The number of non-ortho nitro benzene ring substituents is 1. The summed E-state index contributed by atoms with van der Waals surface area (Å²) in [6.07, 6.45) is 3.60. The summed E-state index contributed by atoms with van der Waals surface area (Å²) in [5.74, 6) is 0.835. The highest BCUT2D eigenvalue weighted by molar-refractivity contribution is 8.00. The fraction of sp³-hybridized carbons (Fsp3) is 0.333. The van der Waals surface area contributed by atoms with Crippen LogP contribution in [0.2, 0.25) is 0 Å². The summed E-state index contributed by atoms with van der Waals surface area (Å²) in [6, 6.07) is 7.84. The molecule has 148 valence electrons. The van der Waals surface area contributed by atoms with Crippen molar-refractivity contribution < 1.29 is 9.72 Å². The normalized spacial score (nSPS) is 10.9. The van der Waals surface area contributed by atoms with Crippen LogP contribution in [-0.4, -0.2) is 38.5 Å². The number of hydrogen-bond donors (Lipinski definition) is 1. The van der Waals surface area contributed by atoms with Gasteiger partial charge in [-0.3, -0.25) is 14.9 Å². The van der Waals surface area contributed by atoms with E-state index in [9.17, 15) is 14.9 Å². The van der Waals surface area contributed by atoms with Gasteiger partial charge >= 0.3 is 0 Å². The molecule has 0 radical (unpaired) electrons. The van der Waals surface area contributed by atoms with Crippen LogP contribution in [0, 0.1) is 17.0 Å². The molecule has 0 bridgehead atoms. The van der Waals surface area contributed by atoms with Crippen molar-refractivity contribution >= 4 is 41.3 Å². The highest BCUT2D eigenvalue weighted by Gasteiger charge is 2.07. The predicted molar refractivity (Wildman–Crippen MR) is 112 cm³/mol. The molecule has 8 nitrogen and oxygen atoms in total. The van der Waals surface area contributed by atoms with Crippen molar-refractivity contribution in [1.82, 2.24) is 15.4 Å². The zero-order chi connectivity index (χ0) is 20.4. The molecule has 1 N–H and O–H groups in total. The van der Waals surface area contributed by atoms with Crippen LogP contribution >= 0.6 is 23.5 Å². The van der Waals surface area contributed by atoms with Crippen LogP contribution < -0.4 is 5.43 Å². The summed E-state index contributed by atoms with van der Waals surface area (Å²) in [5, 5.41) is 16.1. The topological polar surface area (TPSA) is 110 Å². The minimum Gasteiger partial charge on any atom is -0.272 e. The molecule has 2 rings (SSSR count). The average Bonchev–Trinajstić information content (AvgIpc) is 2.66. The number of aryl methyl sites for hydroxylation is 1. The molecule has 0 spiro atoms. The first-order valence-electron chi connectivity index (χ1n) is 8.65. The van der Waals surface area contributed by atoms with E-state index in [4.69, 9.17) is 0 Å². The number of nitrogens with one attached hydrogen (secondary N) is 1. The predicted octanol–water partition coefficient (Wildman–Crippen LogP) is 3.83. The Labute approximate surface area is 171 Å². The van der Waals surface area contributed by atoms with E-state index >= 15 is 0 Å². The van der Waals surface area contributed by atoms with Crippen molar-refractivity contribution in [1.29, 1.82) is 0 Å². The van der Waals surface area contributed by atoms with Crippen LogP contribution in [0.25, 0.3) is 0 Å². The number of hydrazone groups is 1. The van der Waals surface area contributed by atoms with E-state index in [-0.39, 0.29) is 17.3 Å². The van der Waals surface area contributed by atoms with Gasteiger partial charge in [-0.1, -0.05) is 49.0 Å². The maximum absolute atomic E-state index is 12.0. The van der Waals surface area contributed by atoms with Gasteiger partial charge in [0.25, 0.3) is 5.69 Å². The molecule has 0 atom stereocenters. The summed E-state index contributed by atoms with van der Waals surface area (Å²) < 4.78 is 0. The van der Waals surface area contributed by atoms with Crippen molar-refractivity contribution in [2.75, 3.05) is 11.5 Å². The molecule has 0 aliphatic heterocycles. The molecule has 1 aromatic heterocycles. The van der Waals surface area contributed by atoms with Crippen LogP contribution in [0.3, 0.4) is 0 Å². The number of hydrogen-bond acceptors (Lipinski definition) is 8. The number of rotatable bonds is 10. The fourth-order valence-corrected chi connectivity index (χ4v) is 3.82. The number of nitro benzene ring substituents is 1. The highest BCUT2D eigenvalue weighted by atomic mass is 32.2. The van der Waals surface area contributed by atoms with Gasteiger partial charge in [-0.25, -0.2) is 15.4 Å². The molecule has 10 heteroatoms. The third-order valence-electron chi connectivity index (χ3n) is 3.37. The Balaban J connectivity index is 1.85. The Morgan fingerprint density at radius 2 is 2.14 bits per heavy atom. The smallest absolute Gasteiger partial charge is 0.270 e. The lowest BCUT2D eigenvalue weighted by molar-refractivity contribution is -0.384. The van der Waals surface area contributed by atoms with Gasteiger partial charge in [0.05, 0.1) is 16.9 Å². The Morgan fingerprint density at radius 1 is 1.32 bits per heavy atom. The lowest BCUT2D eigenvalue weighted by atomic mass is 10.2. The van der Waals surface area contributed by atoms with Gasteiger partial charge in [-0.15, -0.1) is 0 Å². The number of aromatic nitrogens is 2. The van der Waals surface area contributed by atoms with Crippen molar-refractivity contribution in [3.8, 4) is 0 Å². The zero-order valence-corrected chi connectivity index (χ0v) is 17.3. The van der Waals surface area contributed by atoms with Gasteiger partial charge in [-0.05, 0) is 19.4 Å². The van der Waals surface area contributed by atoms with Crippen LogP contribution in [0.5, 0.6) is 0 Å². The quantitative estimate of drug-likeness (QED) is 0.118. The SMILES string of the molecule is CCCCSc1nc(C)cc(SCC(=O)N/N=C/c2cccc([N+](=O)[O-])c2)n1. The third kappa shape index (κ3) is 7.65. The zero-order valence-electron chi connectivity index (χ0n) is 15.6. The third-order valence-corrected chi connectivity index (χ3v) is 5.22. The number of nitro groups is 1. The maximum atomic E-state index is 12.0. The number of amides is 1. The first-order chi connectivity index (χ1) is 13.5. The molecule has 0 saturated heterocycles. The van der Waals surface area contributed by atoms with Crippen molar-refractivity contribution in [3.05, 3.63) is 51.7 Å². The monoisotopic (exact) mass is 419 g/mol. The number of benzene rings is 1. The molecule has 1 aromatic carbocycles. The summed E-state index contributed by atoms with van der Waals surface area (Å²) in [4.78, 5) is 31.1. The second kappa shape index (κ2) is 11.4. The van der Waals surface area contributed by atoms with Gasteiger partial charge in [-0.2, -0.15) is 5.10 Å². The Bertz CT molecular complexity index is 861. The molecular formula is C18H21N5O3S2. The largest absolute Gasteiger partial charge is 0.272 e. The number of unbranched alkanes of at least 4 members (excludes halogenated alkanes) is 1. The van der Waals surface area contributed by atoms with Gasteiger partial charge in [0.15, 0.2) is 5.16 Å². The lowest BCUT2D eigenvalue weighted by Crippen LogP contribution is -2.19. The Hall–Kier alpha value is -2.46. The van der Waals surface area contributed by atoms with E-state index in [1.807, 2.05) is 13.0 Å². The number of carbonyl (C=O) groups excluding carboxylic acids is 1. The first-order valence-corrected chi connectivity index (χ1v) is 10.6. The lowest BCUT2D eigenvalue weighted by Gasteiger charge is -2.05. The molecule has 2 aromatic rings. The molecule has 1 amide bonds. The minimum atomic E-state index is -0.481. The van der Waals surface area contributed by atoms with Crippen LogP contribution in [0.1, 0.15) is 31.0 Å². The van der Waals surface area contributed by atoms with Crippen LogP contribution in [0.4, 0.5) is 5.69 Å². The number of nitrogens with zero attached hydrogens (tertiary/aromatic N) is 4. The van der Waals surface area contributed by atoms with Gasteiger partial charge < -0.3 is 0 Å². The first kappa shape index (κ1) is 21.8. The number of thioether (sulfide) groups is 2. The van der Waals surface area contributed by atoms with E-state index in [2.05, 4.69) is 27.4 Å². The van der Waals surface area contributed by atoms with Gasteiger partial charge in [0.1, 0.15) is 5.03 Å². The molecule has 0 aliphatic rings. The van der Waals surface area contributed by atoms with E-state index in [1.165, 1.54) is 30.1 Å². The maximum Gasteiger partial charge on any atom is 0.270 e. The Kier molecular flexibility index (Phi) is 8.89. The summed E-state index contributed by atoms with van der Waals surface area (Å²) in [6.45, 7) is 4.04. The van der Waals surface area contributed by atoms with Crippen molar-refractivity contribution in [2.24, 2.45) is 5.10 Å². The second-order valence-corrected chi connectivity index (χ2v) is 7.82. The molecule has 28 heavy (non-hydrogen) atoms. The average molecular weight is 420 g/mol. The molecule has 0 aliphatic carbocycles. The number of carbonyl (C=O) groups is 1. The van der Waals surface area contributed by atoms with Gasteiger partial charge in [0, 0.05) is 29.1 Å². The van der Waals surface area contributed by atoms with E-state index < -0.39 is 4.92 Å². The molecule has 1 heterocycles. The summed E-state index contributed by atoms with van der Waals surface area (Å²) in [5.41, 5.74) is 3.77. The summed E-state index contributed by atoms with van der Waals surface area (Å²) >= 11 is 2.92. The van der Waals surface area contributed by atoms with E-state index in [0.29, 0.717) is 5.56 Å². The Morgan fingerprint density at radius 3 is 2.89 bits per heavy atom. The minimum absolute atomic E-state index is 0.0300. The fourth-order valence-electron chi connectivity index (χ4n) is 2.03. The second-order valence-electron chi connectivity index (χ2n) is 5.77. The highest BCUT2D eigenvalue weighted by Crippen LogP contribution is 2.21. The summed E-state index contributed by atoms with van der Waals surface area (Å²) in [7, 11) is 0. The van der Waals surface area contributed by atoms with E-state index in [1.54, 1.807) is 23.9 Å². The molecular weight excluding hydrogens is 398 g/mol. The molecule has 0 saturated carbocycles. The van der Waals surface area contributed by atoms with Gasteiger partial charge in [0.2, 0.25) is 5.91 Å². The molecule has 0 unspecified atom stereocenters. The standard InChI is InChI=1S/C18H21N5O3S2/c1-3-4-8-27-18-20-13(2)9-17(21-18)28-12-16(24)22-19-11-14-6-5-7-15(10-14)23(25)26/h5-7,9-11H,3-4,8,12H2,1-2H3,(H,22,24)/b19-11+. The van der Waals surface area contributed by atoms with Crippen LogP contribution in [-0.2, 0) is 4.79 Å². The van der Waals surface area contributed by atoms with Crippen molar-refractivity contribution in [2.45, 2.75) is 36.9 Å². The van der Waals surface area contributed by atoms with E-state index in [0.717, 1.165) is 34.5 Å². The van der Waals surface area contributed by atoms with Crippen molar-refractivity contribution in [3.63, 3.8) is 0 Å². The molecule has 0 fully saturated rings.